The van der Waals surface area contributed by atoms with Crippen LogP contribution in [0, 0.1) is 11.6 Å². The fourth-order valence-corrected chi connectivity index (χ4v) is 2.49. The van der Waals surface area contributed by atoms with Crippen LogP contribution in [0.3, 0.4) is 0 Å². The van der Waals surface area contributed by atoms with Gasteiger partial charge in [0.25, 0.3) is 5.91 Å². The van der Waals surface area contributed by atoms with E-state index >= 15 is 0 Å². The van der Waals surface area contributed by atoms with Gasteiger partial charge in [-0.2, -0.15) is 13.2 Å². The third-order valence-corrected chi connectivity index (χ3v) is 4.33. The first-order valence-corrected chi connectivity index (χ1v) is 8.86. The Kier molecular flexibility index (Phi) is 7.49. The van der Waals surface area contributed by atoms with Crippen molar-refractivity contribution in [2.45, 2.75) is 25.7 Å². The van der Waals surface area contributed by atoms with Crippen LogP contribution in [0.15, 0.2) is 42.5 Å². The number of nitrogens with zero attached hydrogens (tertiary/aromatic N) is 1. The van der Waals surface area contributed by atoms with Gasteiger partial charge in [-0.1, -0.05) is 12.1 Å². The van der Waals surface area contributed by atoms with Crippen LogP contribution < -0.4 is 10.6 Å². The smallest absolute Gasteiger partial charge is 0.343 e. The van der Waals surface area contributed by atoms with Crippen LogP contribution in [0.5, 0.6) is 0 Å². The Bertz CT molecular complexity index is 900. The zero-order valence-electron chi connectivity index (χ0n) is 16.2. The molecular weight excluding hydrogens is 409 g/mol. The molecular formula is C20H20F5N3O2. The zero-order chi connectivity index (χ0) is 22.5. The molecule has 1 atom stereocenters. The molecule has 10 heteroatoms. The molecule has 0 aliphatic carbocycles. The maximum atomic E-state index is 13.3. The summed E-state index contributed by atoms with van der Waals surface area (Å²) in [7, 11) is 1.67. The maximum Gasteiger partial charge on any atom is 0.405 e. The first-order chi connectivity index (χ1) is 14.0. The van der Waals surface area contributed by atoms with Gasteiger partial charge in [-0.3, -0.25) is 14.5 Å². The number of carbonyl (C=O) groups is 2. The number of benzene rings is 2. The Hall–Kier alpha value is -3.01. The van der Waals surface area contributed by atoms with Crippen molar-refractivity contribution in [2.75, 3.05) is 18.9 Å². The van der Waals surface area contributed by atoms with Crippen LogP contribution >= 0.6 is 0 Å². The average Bonchev–Trinajstić information content (AvgIpc) is 2.68. The molecule has 0 fully saturated rings. The number of hydrogen-bond acceptors (Lipinski definition) is 3. The summed E-state index contributed by atoms with van der Waals surface area (Å²) in [5.74, 6) is -3.37. The Morgan fingerprint density at radius 2 is 1.67 bits per heavy atom. The molecule has 0 aliphatic heterocycles. The molecule has 0 saturated heterocycles. The summed E-state index contributed by atoms with van der Waals surface area (Å²) in [6.45, 7) is 0.506. The highest BCUT2D eigenvalue weighted by atomic mass is 19.4. The van der Waals surface area contributed by atoms with Crippen molar-refractivity contribution in [2.24, 2.45) is 0 Å². The van der Waals surface area contributed by atoms with E-state index in [-0.39, 0.29) is 11.3 Å². The average molecular weight is 429 g/mol. The van der Waals surface area contributed by atoms with E-state index in [4.69, 9.17) is 0 Å². The first kappa shape index (κ1) is 23.3. The van der Waals surface area contributed by atoms with Crippen LogP contribution in [0.4, 0.5) is 27.6 Å². The van der Waals surface area contributed by atoms with Crippen molar-refractivity contribution in [3.05, 3.63) is 65.2 Å². The molecule has 2 N–H and O–H groups in total. The molecule has 0 aromatic heterocycles. The van der Waals surface area contributed by atoms with E-state index in [9.17, 15) is 31.5 Å². The van der Waals surface area contributed by atoms with Gasteiger partial charge in [0.15, 0.2) is 11.6 Å². The van der Waals surface area contributed by atoms with E-state index in [0.29, 0.717) is 6.54 Å². The molecule has 0 saturated carbocycles. The minimum atomic E-state index is -4.49. The number of carbonyl (C=O) groups excluding carboxylic acids is 2. The van der Waals surface area contributed by atoms with E-state index in [1.807, 2.05) is 0 Å². The molecule has 162 valence electrons. The van der Waals surface area contributed by atoms with Gasteiger partial charge < -0.3 is 10.6 Å². The summed E-state index contributed by atoms with van der Waals surface area (Å²) in [6, 6.07) is 8.31. The minimum absolute atomic E-state index is 0.0785. The van der Waals surface area contributed by atoms with Crippen LogP contribution in [0.1, 0.15) is 22.8 Å². The molecule has 0 bridgehead atoms. The van der Waals surface area contributed by atoms with E-state index in [0.717, 1.165) is 17.7 Å². The summed E-state index contributed by atoms with van der Waals surface area (Å²) in [4.78, 5) is 25.7. The number of anilines is 1. The van der Waals surface area contributed by atoms with Gasteiger partial charge in [0, 0.05) is 23.9 Å². The van der Waals surface area contributed by atoms with Crippen molar-refractivity contribution in [1.82, 2.24) is 10.2 Å². The van der Waals surface area contributed by atoms with Crippen LogP contribution in [-0.2, 0) is 11.3 Å². The highest BCUT2D eigenvalue weighted by Gasteiger charge is 2.28. The summed E-state index contributed by atoms with van der Waals surface area (Å²) in [5, 5.41) is 4.28. The summed E-state index contributed by atoms with van der Waals surface area (Å²) in [5.41, 5.74) is 0.917. The number of amides is 2. The van der Waals surface area contributed by atoms with E-state index in [2.05, 4.69) is 5.32 Å². The van der Waals surface area contributed by atoms with Crippen LogP contribution in [0.2, 0.25) is 0 Å². The van der Waals surface area contributed by atoms with Crippen LogP contribution in [0.25, 0.3) is 0 Å². The van der Waals surface area contributed by atoms with Crippen molar-refractivity contribution in [3.63, 3.8) is 0 Å². The largest absolute Gasteiger partial charge is 0.405 e. The SMILES string of the molecule is C[C@H](C(=O)Nc1ccc(F)c(F)c1)N(C)Cc1ccc(C(=O)NCC(F)(F)F)cc1. The van der Waals surface area contributed by atoms with Crippen molar-refractivity contribution in [3.8, 4) is 0 Å². The van der Waals surface area contributed by atoms with E-state index in [1.165, 1.54) is 18.2 Å². The summed E-state index contributed by atoms with van der Waals surface area (Å²) < 4.78 is 62.7. The first-order valence-electron chi connectivity index (χ1n) is 8.86. The van der Waals surface area contributed by atoms with Gasteiger partial charge in [-0.15, -0.1) is 0 Å². The van der Waals surface area contributed by atoms with Gasteiger partial charge >= 0.3 is 6.18 Å². The maximum absolute atomic E-state index is 13.3. The number of hydrogen-bond donors (Lipinski definition) is 2. The molecule has 2 rings (SSSR count). The predicted molar refractivity (Wildman–Crippen MR) is 101 cm³/mol. The number of halogens is 5. The standard InChI is InChI=1S/C20H20F5N3O2/c1-12(18(29)27-15-7-8-16(21)17(22)9-15)28(2)10-13-3-5-14(6-4-13)19(30)26-11-20(23,24)25/h3-9,12H,10-11H2,1-2H3,(H,26,30)(H,27,29)/t12-/m1/s1. The summed E-state index contributed by atoms with van der Waals surface area (Å²) >= 11 is 0. The second kappa shape index (κ2) is 9.66. The quantitative estimate of drug-likeness (QED) is 0.660. The molecule has 5 nitrogen and oxygen atoms in total. The third-order valence-electron chi connectivity index (χ3n) is 4.33. The lowest BCUT2D eigenvalue weighted by Gasteiger charge is -2.24. The Labute approximate surface area is 169 Å². The van der Waals surface area contributed by atoms with Gasteiger partial charge in [-0.05, 0) is 43.8 Å². The second-order valence-corrected chi connectivity index (χ2v) is 6.70. The predicted octanol–water partition coefficient (Wildman–Crippen LogP) is 3.72. The number of alkyl halides is 3. The normalized spacial score (nSPS) is 12.5. The molecule has 2 aromatic rings. The van der Waals surface area contributed by atoms with Crippen molar-refractivity contribution >= 4 is 17.5 Å². The fraction of sp³-hybridized carbons (Fsp3) is 0.300. The molecule has 2 aromatic carbocycles. The third kappa shape index (κ3) is 6.80. The Morgan fingerprint density at radius 1 is 1.03 bits per heavy atom. The zero-order valence-corrected chi connectivity index (χ0v) is 16.2. The highest BCUT2D eigenvalue weighted by Crippen LogP contribution is 2.16. The molecule has 2 amide bonds. The monoisotopic (exact) mass is 429 g/mol. The molecule has 0 heterocycles. The van der Waals surface area contributed by atoms with Crippen LogP contribution in [-0.4, -0.2) is 42.5 Å². The van der Waals surface area contributed by atoms with Gasteiger partial charge in [0.2, 0.25) is 5.91 Å². The summed E-state index contributed by atoms with van der Waals surface area (Å²) in [6.07, 6.45) is -4.49. The van der Waals surface area contributed by atoms with Crippen molar-refractivity contribution < 1.29 is 31.5 Å². The molecule has 0 unspecified atom stereocenters. The van der Waals surface area contributed by atoms with Gasteiger partial charge in [0.05, 0.1) is 6.04 Å². The number of rotatable bonds is 7. The molecule has 0 radical (unpaired) electrons. The van der Waals surface area contributed by atoms with Gasteiger partial charge in [-0.25, -0.2) is 8.78 Å². The lowest BCUT2D eigenvalue weighted by atomic mass is 10.1. The second-order valence-electron chi connectivity index (χ2n) is 6.70. The Morgan fingerprint density at radius 3 is 2.23 bits per heavy atom. The minimum Gasteiger partial charge on any atom is -0.343 e. The highest BCUT2D eigenvalue weighted by molar-refractivity contribution is 5.95. The lowest BCUT2D eigenvalue weighted by Crippen LogP contribution is -2.39. The lowest BCUT2D eigenvalue weighted by molar-refractivity contribution is -0.123. The van der Waals surface area contributed by atoms with E-state index in [1.54, 1.807) is 36.3 Å². The molecule has 30 heavy (non-hydrogen) atoms. The Balaban J connectivity index is 1.92. The topological polar surface area (TPSA) is 61.4 Å². The molecule has 0 spiro atoms. The van der Waals surface area contributed by atoms with Crippen molar-refractivity contribution in [1.29, 1.82) is 0 Å². The number of nitrogens with one attached hydrogen (secondary N) is 2. The van der Waals surface area contributed by atoms with Gasteiger partial charge in [0.1, 0.15) is 6.54 Å². The fourth-order valence-electron chi connectivity index (χ4n) is 2.49. The van der Waals surface area contributed by atoms with E-state index < -0.39 is 42.2 Å². The molecule has 0 aliphatic rings. The number of likely N-dealkylation sites (N-methyl/N-ethyl adjacent to an activating group) is 1.